The van der Waals surface area contributed by atoms with Crippen molar-refractivity contribution in [3.63, 3.8) is 0 Å². The molecule has 0 saturated heterocycles. The van der Waals surface area contributed by atoms with Crippen LogP contribution < -0.4 is 27.4 Å². The second-order valence-electron chi connectivity index (χ2n) is 6.70. The highest BCUT2D eigenvalue weighted by atomic mass is 32.2. The van der Waals surface area contributed by atoms with Crippen molar-refractivity contribution >= 4 is 47.3 Å². The van der Waals surface area contributed by atoms with Crippen molar-refractivity contribution in [2.75, 3.05) is 18.6 Å². The van der Waals surface area contributed by atoms with Gasteiger partial charge in [0.15, 0.2) is 0 Å². The first-order chi connectivity index (χ1) is 14.9. The summed E-state index contributed by atoms with van der Waals surface area (Å²) in [6, 6.07) is -5.58. The fraction of sp³-hybridized carbons (Fsp3) is 0.647. The van der Waals surface area contributed by atoms with E-state index in [9.17, 15) is 33.9 Å². The molecule has 0 rings (SSSR count). The normalized spacial score (nSPS) is 14.3. The van der Waals surface area contributed by atoms with Crippen LogP contribution in [0.3, 0.4) is 0 Å². The van der Waals surface area contributed by atoms with Crippen LogP contribution in [0.5, 0.6) is 0 Å². The van der Waals surface area contributed by atoms with E-state index < -0.39 is 72.8 Å². The van der Waals surface area contributed by atoms with E-state index in [2.05, 4.69) is 10.6 Å². The molecule has 0 radical (unpaired) electrons. The third-order valence-electron chi connectivity index (χ3n) is 4.09. The molecule has 0 fully saturated rings. The SMILES string of the molecule is CSCCC(NC(=O)C(N)CCC(=O)O)C(=O)NC(CO)C(=O)NC(CC(N)=O)C(=O)O. The third kappa shape index (κ3) is 11.5. The number of carboxylic acids is 2. The Balaban J connectivity index is 5.19. The predicted octanol–water partition coefficient (Wildman–Crippen LogP) is -3.66. The molecule has 0 aliphatic heterocycles. The minimum atomic E-state index is -1.66. The Morgan fingerprint density at radius 1 is 0.875 bits per heavy atom. The topological polar surface area (TPSA) is 251 Å². The van der Waals surface area contributed by atoms with Gasteiger partial charge in [-0.25, -0.2) is 4.79 Å². The zero-order valence-electron chi connectivity index (χ0n) is 17.4. The molecule has 10 N–H and O–H groups in total. The van der Waals surface area contributed by atoms with E-state index in [0.717, 1.165) is 0 Å². The summed E-state index contributed by atoms with van der Waals surface area (Å²) in [6.45, 7) is -0.901. The number of primary amides is 1. The van der Waals surface area contributed by atoms with Gasteiger partial charge in [0.2, 0.25) is 23.6 Å². The Hall–Kier alpha value is -2.91. The predicted molar refractivity (Wildman–Crippen MR) is 112 cm³/mol. The van der Waals surface area contributed by atoms with Gasteiger partial charge < -0.3 is 42.7 Å². The molecule has 15 heteroatoms. The molecule has 0 spiro atoms. The fourth-order valence-electron chi connectivity index (χ4n) is 2.33. The van der Waals surface area contributed by atoms with Gasteiger partial charge in [-0.2, -0.15) is 11.8 Å². The third-order valence-corrected chi connectivity index (χ3v) is 4.73. The molecular weight excluding hydrogens is 450 g/mol. The van der Waals surface area contributed by atoms with Crippen LogP contribution in [0.15, 0.2) is 0 Å². The second kappa shape index (κ2) is 15.0. The summed E-state index contributed by atoms with van der Waals surface area (Å²) in [7, 11) is 0. The summed E-state index contributed by atoms with van der Waals surface area (Å²) in [6.07, 6.45) is 0.677. The zero-order chi connectivity index (χ0) is 24.8. The number of amides is 4. The van der Waals surface area contributed by atoms with E-state index >= 15 is 0 Å². The van der Waals surface area contributed by atoms with Gasteiger partial charge in [0.25, 0.3) is 0 Å². The van der Waals surface area contributed by atoms with Gasteiger partial charge in [0.1, 0.15) is 18.1 Å². The number of aliphatic carboxylic acids is 2. The van der Waals surface area contributed by atoms with Crippen LogP contribution in [0.1, 0.15) is 25.7 Å². The summed E-state index contributed by atoms with van der Waals surface area (Å²) in [5.74, 6) is -5.95. The molecule has 0 aliphatic carbocycles. The van der Waals surface area contributed by atoms with Gasteiger partial charge in [-0.15, -0.1) is 0 Å². The lowest BCUT2D eigenvalue weighted by atomic mass is 10.1. The Morgan fingerprint density at radius 3 is 1.88 bits per heavy atom. The molecule has 4 amide bonds. The summed E-state index contributed by atoms with van der Waals surface area (Å²) < 4.78 is 0. The minimum absolute atomic E-state index is 0.129. The highest BCUT2D eigenvalue weighted by molar-refractivity contribution is 7.98. The molecule has 4 atom stereocenters. The first kappa shape index (κ1) is 29.1. The zero-order valence-corrected chi connectivity index (χ0v) is 18.2. The van der Waals surface area contributed by atoms with E-state index in [-0.39, 0.29) is 19.3 Å². The largest absolute Gasteiger partial charge is 0.481 e. The van der Waals surface area contributed by atoms with E-state index in [4.69, 9.17) is 21.7 Å². The number of rotatable bonds is 16. The molecular formula is C17H29N5O9S. The van der Waals surface area contributed by atoms with Crippen molar-refractivity contribution in [1.82, 2.24) is 16.0 Å². The molecule has 0 aromatic carbocycles. The van der Waals surface area contributed by atoms with E-state index in [1.54, 1.807) is 6.26 Å². The van der Waals surface area contributed by atoms with Crippen LogP contribution in [0.25, 0.3) is 0 Å². The van der Waals surface area contributed by atoms with Crippen LogP contribution in [0.2, 0.25) is 0 Å². The lowest BCUT2D eigenvalue weighted by Crippen LogP contribution is -2.58. The van der Waals surface area contributed by atoms with Gasteiger partial charge in [0, 0.05) is 6.42 Å². The van der Waals surface area contributed by atoms with Crippen LogP contribution in [-0.2, 0) is 28.8 Å². The Bertz CT molecular complexity index is 706. The van der Waals surface area contributed by atoms with Crippen molar-refractivity contribution in [3.05, 3.63) is 0 Å². The fourth-order valence-corrected chi connectivity index (χ4v) is 2.80. The number of aliphatic hydroxyl groups is 1. The average molecular weight is 480 g/mol. The smallest absolute Gasteiger partial charge is 0.326 e. The van der Waals surface area contributed by atoms with E-state index in [1.165, 1.54) is 11.8 Å². The van der Waals surface area contributed by atoms with Crippen LogP contribution >= 0.6 is 11.8 Å². The van der Waals surface area contributed by atoms with Crippen molar-refractivity contribution in [2.45, 2.75) is 49.9 Å². The van der Waals surface area contributed by atoms with Gasteiger partial charge in [0.05, 0.1) is 19.1 Å². The standard InChI is InChI=1S/C17H29N5O9S/c1-32-5-4-9(20-14(27)8(18)2-3-13(25)26)15(28)22-11(7-23)16(29)21-10(17(30)31)6-12(19)24/h8-11,23H,2-7,18H2,1H3,(H2,19,24)(H,20,27)(H,21,29)(H,22,28)(H,25,26)(H,30,31). The highest BCUT2D eigenvalue weighted by Gasteiger charge is 2.30. The number of nitrogens with two attached hydrogens (primary N) is 2. The lowest BCUT2D eigenvalue weighted by molar-refractivity contribution is -0.144. The highest BCUT2D eigenvalue weighted by Crippen LogP contribution is 2.04. The summed E-state index contributed by atoms with van der Waals surface area (Å²) in [5.41, 5.74) is 10.6. The Kier molecular flexibility index (Phi) is 13.6. The number of carbonyl (C=O) groups excluding carboxylic acids is 4. The molecule has 0 aliphatic rings. The number of carboxylic acid groups (broad SMARTS) is 2. The molecule has 14 nitrogen and oxygen atoms in total. The Morgan fingerprint density at radius 2 is 1.41 bits per heavy atom. The molecule has 0 bridgehead atoms. The van der Waals surface area contributed by atoms with E-state index in [0.29, 0.717) is 5.75 Å². The Labute approximate surface area is 187 Å². The maximum atomic E-state index is 12.6. The number of thioether (sulfide) groups is 1. The molecule has 182 valence electrons. The van der Waals surface area contributed by atoms with Gasteiger partial charge >= 0.3 is 11.9 Å². The molecule has 32 heavy (non-hydrogen) atoms. The summed E-state index contributed by atoms with van der Waals surface area (Å²) in [5, 5.41) is 33.7. The summed E-state index contributed by atoms with van der Waals surface area (Å²) in [4.78, 5) is 69.7. The number of carbonyl (C=O) groups is 6. The van der Waals surface area contributed by atoms with Gasteiger partial charge in [-0.05, 0) is 24.9 Å². The van der Waals surface area contributed by atoms with E-state index in [1.807, 2.05) is 5.32 Å². The first-order valence-corrected chi connectivity index (χ1v) is 10.8. The van der Waals surface area contributed by atoms with Crippen molar-refractivity contribution < 1.29 is 44.1 Å². The maximum Gasteiger partial charge on any atom is 0.326 e. The summed E-state index contributed by atoms with van der Waals surface area (Å²) >= 11 is 1.37. The second-order valence-corrected chi connectivity index (χ2v) is 7.68. The quantitative estimate of drug-likeness (QED) is 0.107. The van der Waals surface area contributed by atoms with Gasteiger partial charge in [-0.3, -0.25) is 24.0 Å². The molecule has 0 saturated carbocycles. The van der Waals surface area contributed by atoms with Crippen molar-refractivity contribution in [3.8, 4) is 0 Å². The molecule has 0 heterocycles. The average Bonchev–Trinajstić information content (AvgIpc) is 2.71. The number of nitrogens with one attached hydrogen (secondary N) is 3. The van der Waals surface area contributed by atoms with Gasteiger partial charge in [-0.1, -0.05) is 0 Å². The number of hydrogen-bond donors (Lipinski definition) is 8. The lowest BCUT2D eigenvalue weighted by Gasteiger charge is -2.24. The van der Waals surface area contributed by atoms with Crippen molar-refractivity contribution in [1.29, 1.82) is 0 Å². The minimum Gasteiger partial charge on any atom is -0.481 e. The van der Waals surface area contributed by atoms with Crippen LogP contribution in [0.4, 0.5) is 0 Å². The van der Waals surface area contributed by atoms with Crippen molar-refractivity contribution in [2.24, 2.45) is 11.5 Å². The maximum absolute atomic E-state index is 12.6. The first-order valence-electron chi connectivity index (χ1n) is 9.42. The number of hydrogen-bond acceptors (Lipinski definition) is 9. The number of aliphatic hydroxyl groups excluding tert-OH is 1. The molecule has 4 unspecified atom stereocenters. The van der Waals surface area contributed by atoms with Crippen LogP contribution in [-0.4, -0.2) is 93.7 Å². The van der Waals surface area contributed by atoms with Crippen LogP contribution in [0, 0.1) is 0 Å². The monoisotopic (exact) mass is 479 g/mol. The molecule has 0 aromatic heterocycles. The molecule has 0 aromatic rings.